The number of nitrogens with one attached hydrogen (secondary N) is 2. The van der Waals surface area contributed by atoms with E-state index in [1.54, 1.807) is 14.0 Å². The molecule has 146 valence electrons. The summed E-state index contributed by atoms with van der Waals surface area (Å²) in [7, 11) is 3.71. The van der Waals surface area contributed by atoms with E-state index in [1.807, 2.05) is 31.3 Å². The average molecular weight is 369 g/mol. The Morgan fingerprint density at radius 3 is 2.37 bits per heavy atom. The van der Waals surface area contributed by atoms with Gasteiger partial charge in [-0.25, -0.2) is 0 Å². The van der Waals surface area contributed by atoms with Crippen LogP contribution in [0.2, 0.25) is 0 Å². The van der Waals surface area contributed by atoms with Crippen LogP contribution in [-0.4, -0.2) is 38.6 Å². The number of carbonyl (C=O) groups is 1. The van der Waals surface area contributed by atoms with Crippen LogP contribution in [0.15, 0.2) is 48.2 Å². The fourth-order valence-electron chi connectivity index (χ4n) is 4.40. The molecule has 27 heavy (non-hydrogen) atoms. The van der Waals surface area contributed by atoms with Crippen molar-refractivity contribution in [2.45, 2.75) is 51.1 Å². The summed E-state index contributed by atoms with van der Waals surface area (Å²) in [6, 6.07) is 11.4. The fourth-order valence-corrected chi connectivity index (χ4v) is 4.40. The van der Waals surface area contributed by atoms with Crippen LogP contribution in [0.4, 0.5) is 0 Å². The van der Waals surface area contributed by atoms with Crippen LogP contribution >= 0.6 is 0 Å². The molecule has 2 aliphatic rings. The van der Waals surface area contributed by atoms with Gasteiger partial charge >= 0.3 is 0 Å². The molecule has 4 nitrogen and oxygen atoms in total. The second kappa shape index (κ2) is 8.85. The maximum absolute atomic E-state index is 12.8. The van der Waals surface area contributed by atoms with Gasteiger partial charge < -0.3 is 15.4 Å². The minimum atomic E-state index is -0.630. The van der Waals surface area contributed by atoms with E-state index in [-0.39, 0.29) is 5.78 Å². The molecule has 2 N–H and O–H groups in total. The Morgan fingerprint density at radius 2 is 1.78 bits per heavy atom. The molecule has 1 fully saturated rings. The minimum absolute atomic E-state index is 0.161. The summed E-state index contributed by atoms with van der Waals surface area (Å²) in [6.07, 6.45) is 9.40. The van der Waals surface area contributed by atoms with Crippen molar-refractivity contribution >= 4 is 11.4 Å². The SMILES string of the molecule is CNC1CCC(NCC2(C(C)=O)CC(c3ccccc3)=CC=C2OC)CC1. The number of ether oxygens (including phenoxy) is 1. The van der Waals surface area contributed by atoms with Gasteiger partial charge in [-0.05, 0) is 63.3 Å². The summed E-state index contributed by atoms with van der Waals surface area (Å²) in [6.45, 7) is 2.32. The molecule has 1 aromatic carbocycles. The number of Topliss-reactive ketones (excluding diaryl/α,β-unsaturated/α-hetero) is 1. The van der Waals surface area contributed by atoms with E-state index in [0.717, 1.165) is 18.6 Å². The van der Waals surface area contributed by atoms with E-state index < -0.39 is 5.41 Å². The first-order valence-corrected chi connectivity index (χ1v) is 10.0. The Kier molecular flexibility index (Phi) is 6.51. The Balaban J connectivity index is 1.77. The molecule has 0 aliphatic heterocycles. The number of benzene rings is 1. The zero-order valence-electron chi connectivity index (χ0n) is 16.8. The predicted molar refractivity (Wildman–Crippen MR) is 110 cm³/mol. The topological polar surface area (TPSA) is 50.4 Å². The van der Waals surface area contributed by atoms with Gasteiger partial charge in [0.1, 0.15) is 17.0 Å². The lowest BCUT2D eigenvalue weighted by atomic mass is 9.72. The number of hydrogen-bond acceptors (Lipinski definition) is 4. The summed E-state index contributed by atoms with van der Waals surface area (Å²) in [5, 5.41) is 7.08. The van der Waals surface area contributed by atoms with Gasteiger partial charge in [0.2, 0.25) is 0 Å². The summed E-state index contributed by atoms with van der Waals surface area (Å²) in [4.78, 5) is 12.8. The molecule has 0 saturated heterocycles. The standard InChI is InChI=1S/C23H32N2O2/c1-17(26)23(16-25-21-12-10-20(24-2)11-13-21)15-19(9-14-22(23)27-3)18-7-5-4-6-8-18/h4-9,14,20-21,24-25H,10-13,15-16H2,1-3H3. The smallest absolute Gasteiger partial charge is 0.145 e. The van der Waals surface area contributed by atoms with E-state index in [2.05, 4.69) is 28.8 Å². The molecular formula is C23H32N2O2. The van der Waals surface area contributed by atoms with Crippen molar-refractivity contribution in [1.82, 2.24) is 10.6 Å². The first-order chi connectivity index (χ1) is 13.1. The largest absolute Gasteiger partial charge is 0.500 e. The van der Waals surface area contributed by atoms with Gasteiger partial charge in [0, 0.05) is 18.6 Å². The van der Waals surface area contributed by atoms with Crippen LogP contribution in [0.5, 0.6) is 0 Å². The highest BCUT2D eigenvalue weighted by molar-refractivity contribution is 5.89. The molecular weight excluding hydrogens is 336 g/mol. The lowest BCUT2D eigenvalue weighted by Gasteiger charge is -2.38. The molecule has 1 unspecified atom stereocenters. The molecule has 1 aromatic rings. The van der Waals surface area contributed by atoms with E-state index in [4.69, 9.17) is 4.74 Å². The van der Waals surface area contributed by atoms with Crippen molar-refractivity contribution in [3.05, 3.63) is 53.8 Å². The molecule has 0 amide bonds. The maximum atomic E-state index is 12.8. The highest BCUT2D eigenvalue weighted by Crippen LogP contribution is 2.42. The van der Waals surface area contributed by atoms with Gasteiger partial charge in [-0.3, -0.25) is 4.79 Å². The van der Waals surface area contributed by atoms with E-state index >= 15 is 0 Å². The lowest BCUT2D eigenvalue weighted by molar-refractivity contribution is -0.126. The van der Waals surface area contributed by atoms with E-state index in [9.17, 15) is 4.79 Å². The van der Waals surface area contributed by atoms with Crippen LogP contribution < -0.4 is 10.6 Å². The molecule has 0 bridgehead atoms. The van der Waals surface area contributed by atoms with Crippen LogP contribution in [0.25, 0.3) is 5.57 Å². The van der Waals surface area contributed by atoms with Crippen molar-refractivity contribution in [3.8, 4) is 0 Å². The number of allylic oxidation sites excluding steroid dienone is 3. The molecule has 4 heteroatoms. The van der Waals surface area contributed by atoms with Crippen LogP contribution in [0.1, 0.15) is 44.6 Å². The van der Waals surface area contributed by atoms with Crippen LogP contribution in [-0.2, 0) is 9.53 Å². The molecule has 2 aliphatic carbocycles. The Morgan fingerprint density at radius 1 is 1.11 bits per heavy atom. The lowest BCUT2D eigenvalue weighted by Crippen LogP contribution is -2.48. The van der Waals surface area contributed by atoms with Crippen molar-refractivity contribution in [3.63, 3.8) is 0 Å². The maximum Gasteiger partial charge on any atom is 0.145 e. The zero-order valence-corrected chi connectivity index (χ0v) is 16.8. The first kappa shape index (κ1) is 19.8. The molecule has 1 atom stereocenters. The van der Waals surface area contributed by atoms with E-state index in [1.165, 1.54) is 24.0 Å². The monoisotopic (exact) mass is 368 g/mol. The number of methoxy groups -OCH3 is 1. The van der Waals surface area contributed by atoms with Gasteiger partial charge in [-0.2, -0.15) is 0 Å². The molecule has 0 aromatic heterocycles. The zero-order chi connectivity index (χ0) is 19.3. The summed E-state index contributed by atoms with van der Waals surface area (Å²) in [5.74, 6) is 0.930. The number of carbonyl (C=O) groups excluding carboxylic acids is 1. The predicted octanol–water partition coefficient (Wildman–Crippen LogP) is 3.70. The van der Waals surface area contributed by atoms with Gasteiger partial charge in [-0.15, -0.1) is 0 Å². The molecule has 0 spiro atoms. The number of hydrogen-bond donors (Lipinski definition) is 2. The highest BCUT2D eigenvalue weighted by Gasteiger charge is 2.43. The molecule has 0 radical (unpaired) electrons. The number of ketones is 1. The van der Waals surface area contributed by atoms with Gasteiger partial charge in [0.05, 0.1) is 7.11 Å². The van der Waals surface area contributed by atoms with Crippen molar-refractivity contribution in [2.24, 2.45) is 5.41 Å². The normalized spacial score (nSPS) is 28.3. The highest BCUT2D eigenvalue weighted by atomic mass is 16.5. The minimum Gasteiger partial charge on any atom is -0.500 e. The number of rotatable bonds is 7. The fraction of sp³-hybridized carbons (Fsp3) is 0.522. The average Bonchev–Trinajstić information content (AvgIpc) is 2.72. The van der Waals surface area contributed by atoms with Crippen LogP contribution in [0.3, 0.4) is 0 Å². The second-order valence-electron chi connectivity index (χ2n) is 7.83. The van der Waals surface area contributed by atoms with Crippen molar-refractivity contribution < 1.29 is 9.53 Å². The first-order valence-electron chi connectivity index (χ1n) is 10.0. The molecule has 3 rings (SSSR count). The van der Waals surface area contributed by atoms with Crippen LogP contribution in [0, 0.1) is 5.41 Å². The molecule has 0 heterocycles. The Hall–Kier alpha value is -1.91. The quantitative estimate of drug-likeness (QED) is 0.770. The van der Waals surface area contributed by atoms with E-state index in [0.29, 0.717) is 25.0 Å². The van der Waals surface area contributed by atoms with Crippen molar-refractivity contribution in [2.75, 3.05) is 20.7 Å². The Labute approximate surface area is 163 Å². The third-order valence-corrected chi connectivity index (χ3v) is 6.27. The third-order valence-electron chi connectivity index (χ3n) is 6.27. The summed E-state index contributed by atoms with van der Waals surface area (Å²) in [5.41, 5.74) is 1.73. The third kappa shape index (κ3) is 4.33. The summed E-state index contributed by atoms with van der Waals surface area (Å²) >= 11 is 0. The van der Waals surface area contributed by atoms with Gasteiger partial charge in [0.25, 0.3) is 0 Å². The Bertz CT molecular complexity index is 702. The second-order valence-corrected chi connectivity index (χ2v) is 7.83. The summed E-state index contributed by atoms with van der Waals surface area (Å²) < 4.78 is 5.67. The van der Waals surface area contributed by atoms with Gasteiger partial charge in [0.15, 0.2) is 0 Å². The van der Waals surface area contributed by atoms with Crippen molar-refractivity contribution in [1.29, 1.82) is 0 Å². The van der Waals surface area contributed by atoms with Gasteiger partial charge in [-0.1, -0.05) is 36.4 Å². The molecule has 1 saturated carbocycles.